The Balaban J connectivity index is 1.83. The standard InChI is InChI=1S/C15H19ClN2O4/c1-2-3-13-14(20)18(15(21)17-13)8-11(19)9-22-12-6-4-10(16)5-7-12/h4-7,11,13,19H,2-3,8-9H2,1H3,(H,17,21)/t11-,13-/m0/s1. The molecule has 1 aliphatic heterocycles. The van der Waals surface area contributed by atoms with Crippen molar-refractivity contribution in [3.05, 3.63) is 29.3 Å². The minimum Gasteiger partial charge on any atom is -0.491 e. The molecule has 1 aromatic rings. The molecule has 0 spiro atoms. The molecule has 7 heteroatoms. The first kappa shape index (κ1) is 16.6. The number of urea groups is 1. The van der Waals surface area contributed by atoms with Gasteiger partial charge in [0.05, 0.1) is 6.54 Å². The highest BCUT2D eigenvalue weighted by molar-refractivity contribution is 6.30. The fraction of sp³-hybridized carbons (Fsp3) is 0.467. The number of amides is 3. The quantitative estimate of drug-likeness (QED) is 0.749. The SMILES string of the molecule is CCC[C@@H]1NC(=O)N(C[C@H](O)COc2ccc(Cl)cc2)C1=O. The lowest BCUT2D eigenvalue weighted by Crippen LogP contribution is -2.40. The van der Waals surface area contributed by atoms with E-state index in [4.69, 9.17) is 16.3 Å². The number of hydrogen-bond acceptors (Lipinski definition) is 4. The summed E-state index contributed by atoms with van der Waals surface area (Å²) in [6.45, 7) is 1.84. The molecule has 6 nitrogen and oxygen atoms in total. The fourth-order valence-electron chi connectivity index (χ4n) is 2.22. The van der Waals surface area contributed by atoms with Crippen LogP contribution >= 0.6 is 11.6 Å². The number of hydrogen-bond donors (Lipinski definition) is 2. The van der Waals surface area contributed by atoms with Gasteiger partial charge in [-0.1, -0.05) is 24.9 Å². The zero-order valence-electron chi connectivity index (χ0n) is 12.3. The van der Waals surface area contributed by atoms with Crippen molar-refractivity contribution in [3.63, 3.8) is 0 Å². The summed E-state index contributed by atoms with van der Waals surface area (Å²) in [6.07, 6.45) is 0.441. The number of β-amino-alcohol motifs (C(OH)–C–C–N with tert-alkyl or cyclic N) is 1. The van der Waals surface area contributed by atoms with Crippen LogP contribution in [0.15, 0.2) is 24.3 Å². The van der Waals surface area contributed by atoms with Crippen molar-refractivity contribution in [2.24, 2.45) is 0 Å². The molecule has 0 aliphatic carbocycles. The summed E-state index contributed by atoms with van der Waals surface area (Å²) in [7, 11) is 0. The monoisotopic (exact) mass is 326 g/mol. The van der Waals surface area contributed by atoms with E-state index in [1.54, 1.807) is 24.3 Å². The molecule has 1 heterocycles. The number of carbonyl (C=O) groups excluding carboxylic acids is 2. The van der Waals surface area contributed by atoms with Crippen molar-refractivity contribution in [1.29, 1.82) is 0 Å². The molecule has 2 atom stereocenters. The summed E-state index contributed by atoms with van der Waals surface area (Å²) in [5.74, 6) is 0.266. The Morgan fingerprint density at radius 1 is 1.36 bits per heavy atom. The van der Waals surface area contributed by atoms with E-state index in [0.717, 1.165) is 11.3 Å². The number of ether oxygens (including phenoxy) is 1. The molecule has 3 amide bonds. The largest absolute Gasteiger partial charge is 0.491 e. The molecule has 2 N–H and O–H groups in total. The number of imide groups is 1. The van der Waals surface area contributed by atoms with Crippen molar-refractivity contribution in [3.8, 4) is 5.75 Å². The lowest BCUT2D eigenvalue weighted by molar-refractivity contribution is -0.128. The Morgan fingerprint density at radius 2 is 2.05 bits per heavy atom. The number of nitrogens with one attached hydrogen (secondary N) is 1. The number of rotatable bonds is 7. The highest BCUT2D eigenvalue weighted by Gasteiger charge is 2.38. The van der Waals surface area contributed by atoms with E-state index in [2.05, 4.69) is 5.32 Å². The Kier molecular flexibility index (Phi) is 5.63. The normalized spacial score (nSPS) is 19.2. The van der Waals surface area contributed by atoms with Gasteiger partial charge in [0, 0.05) is 5.02 Å². The second-order valence-corrected chi connectivity index (χ2v) is 5.59. The number of carbonyl (C=O) groups is 2. The molecule has 1 fully saturated rings. The van der Waals surface area contributed by atoms with Gasteiger partial charge < -0.3 is 15.2 Å². The molecule has 1 aromatic carbocycles. The molecular weight excluding hydrogens is 308 g/mol. The van der Waals surface area contributed by atoms with Crippen LogP contribution in [0.5, 0.6) is 5.75 Å². The zero-order chi connectivity index (χ0) is 16.1. The van der Waals surface area contributed by atoms with Crippen molar-refractivity contribution in [1.82, 2.24) is 10.2 Å². The van der Waals surface area contributed by atoms with Gasteiger partial charge in [0.2, 0.25) is 0 Å². The van der Waals surface area contributed by atoms with Crippen LogP contribution in [0.4, 0.5) is 4.79 Å². The van der Waals surface area contributed by atoms with Crippen molar-refractivity contribution >= 4 is 23.5 Å². The van der Waals surface area contributed by atoms with Gasteiger partial charge >= 0.3 is 6.03 Å². The molecule has 1 aliphatic rings. The van der Waals surface area contributed by atoms with Crippen LogP contribution in [0.1, 0.15) is 19.8 Å². The Bertz CT molecular complexity index is 535. The molecular formula is C15H19ClN2O4. The van der Waals surface area contributed by atoms with Crippen LogP contribution in [0.25, 0.3) is 0 Å². The Labute approximate surface area is 134 Å². The van der Waals surface area contributed by atoms with E-state index in [1.165, 1.54) is 0 Å². The summed E-state index contributed by atoms with van der Waals surface area (Å²) in [5.41, 5.74) is 0. The van der Waals surface area contributed by atoms with E-state index in [1.807, 2.05) is 6.92 Å². The van der Waals surface area contributed by atoms with Crippen LogP contribution < -0.4 is 10.1 Å². The Morgan fingerprint density at radius 3 is 2.68 bits per heavy atom. The highest BCUT2D eigenvalue weighted by Crippen LogP contribution is 2.16. The first-order chi connectivity index (χ1) is 10.5. The van der Waals surface area contributed by atoms with E-state index in [9.17, 15) is 14.7 Å². The summed E-state index contributed by atoms with van der Waals surface area (Å²) in [6, 6.07) is 5.77. The van der Waals surface area contributed by atoms with Gasteiger partial charge in [-0.2, -0.15) is 0 Å². The third-order valence-corrected chi connectivity index (χ3v) is 3.59. The number of benzene rings is 1. The highest BCUT2D eigenvalue weighted by atomic mass is 35.5. The van der Waals surface area contributed by atoms with Crippen molar-refractivity contribution < 1.29 is 19.4 Å². The van der Waals surface area contributed by atoms with Gasteiger partial charge in [0.25, 0.3) is 5.91 Å². The minimum absolute atomic E-state index is 0.0167. The molecule has 0 unspecified atom stereocenters. The summed E-state index contributed by atoms with van der Waals surface area (Å²) in [5, 5.41) is 13.2. The lowest BCUT2D eigenvalue weighted by atomic mass is 10.1. The van der Waals surface area contributed by atoms with E-state index in [0.29, 0.717) is 17.2 Å². The number of aliphatic hydroxyl groups is 1. The van der Waals surface area contributed by atoms with Gasteiger partial charge in [0.15, 0.2) is 0 Å². The first-order valence-electron chi connectivity index (χ1n) is 7.19. The zero-order valence-corrected chi connectivity index (χ0v) is 13.0. The lowest BCUT2D eigenvalue weighted by Gasteiger charge is -2.18. The van der Waals surface area contributed by atoms with E-state index >= 15 is 0 Å². The second-order valence-electron chi connectivity index (χ2n) is 5.16. The average Bonchev–Trinajstić information content (AvgIpc) is 2.75. The summed E-state index contributed by atoms with van der Waals surface area (Å²) < 4.78 is 5.40. The maximum absolute atomic E-state index is 12.0. The van der Waals surface area contributed by atoms with Crippen LogP contribution in [0, 0.1) is 0 Å². The maximum Gasteiger partial charge on any atom is 0.324 e. The third-order valence-electron chi connectivity index (χ3n) is 3.33. The van der Waals surface area contributed by atoms with Crippen LogP contribution in [-0.2, 0) is 4.79 Å². The Hall–Kier alpha value is -1.79. The van der Waals surface area contributed by atoms with E-state index in [-0.39, 0.29) is 19.1 Å². The summed E-state index contributed by atoms with van der Waals surface area (Å²) >= 11 is 5.77. The smallest absolute Gasteiger partial charge is 0.324 e. The predicted molar refractivity (Wildman–Crippen MR) is 81.9 cm³/mol. The number of aliphatic hydroxyl groups excluding tert-OH is 1. The predicted octanol–water partition coefficient (Wildman–Crippen LogP) is 1.80. The maximum atomic E-state index is 12.0. The van der Waals surface area contributed by atoms with Gasteiger partial charge in [-0.05, 0) is 30.7 Å². The van der Waals surface area contributed by atoms with Gasteiger partial charge in [0.1, 0.15) is 24.5 Å². The van der Waals surface area contributed by atoms with Crippen LogP contribution in [0.2, 0.25) is 5.02 Å². The third kappa shape index (κ3) is 4.11. The minimum atomic E-state index is -0.953. The number of nitrogens with zero attached hydrogens (tertiary/aromatic N) is 1. The number of halogens is 1. The molecule has 120 valence electrons. The van der Waals surface area contributed by atoms with Crippen LogP contribution in [-0.4, -0.2) is 47.2 Å². The topological polar surface area (TPSA) is 78.9 Å². The molecule has 22 heavy (non-hydrogen) atoms. The molecule has 0 bridgehead atoms. The molecule has 1 saturated heterocycles. The van der Waals surface area contributed by atoms with Crippen molar-refractivity contribution in [2.75, 3.05) is 13.2 Å². The molecule has 2 rings (SSSR count). The molecule has 0 aromatic heterocycles. The molecule has 0 saturated carbocycles. The van der Waals surface area contributed by atoms with Gasteiger partial charge in [-0.25, -0.2) is 4.79 Å². The average molecular weight is 327 g/mol. The van der Waals surface area contributed by atoms with Gasteiger partial charge in [-0.3, -0.25) is 9.69 Å². The van der Waals surface area contributed by atoms with E-state index < -0.39 is 18.2 Å². The summed E-state index contributed by atoms with van der Waals surface area (Å²) in [4.78, 5) is 24.8. The van der Waals surface area contributed by atoms with Crippen LogP contribution in [0.3, 0.4) is 0 Å². The molecule has 0 radical (unpaired) electrons. The fourth-order valence-corrected chi connectivity index (χ4v) is 2.35. The van der Waals surface area contributed by atoms with Crippen molar-refractivity contribution in [2.45, 2.75) is 31.9 Å². The second kappa shape index (κ2) is 7.47. The first-order valence-corrected chi connectivity index (χ1v) is 7.57. The van der Waals surface area contributed by atoms with Gasteiger partial charge in [-0.15, -0.1) is 0 Å².